The maximum atomic E-state index is 14.4. The summed E-state index contributed by atoms with van der Waals surface area (Å²) in [5.41, 5.74) is 4.54. The van der Waals surface area contributed by atoms with Crippen molar-refractivity contribution < 1.29 is 4.39 Å². The lowest BCUT2D eigenvalue weighted by molar-refractivity contribution is 0.528. The van der Waals surface area contributed by atoms with Crippen LogP contribution in [0, 0.1) is 26.6 Å². The molecular formula is C16H22FN3. The highest BCUT2D eigenvalue weighted by Gasteiger charge is 2.22. The Bertz CT molecular complexity index is 593. The minimum atomic E-state index is -0.174. The van der Waals surface area contributed by atoms with Gasteiger partial charge in [0.25, 0.3) is 0 Å². The van der Waals surface area contributed by atoms with E-state index in [2.05, 4.69) is 10.4 Å². The van der Waals surface area contributed by atoms with Crippen molar-refractivity contribution in [1.82, 2.24) is 15.1 Å². The molecule has 0 saturated carbocycles. The molecule has 1 unspecified atom stereocenters. The van der Waals surface area contributed by atoms with E-state index in [0.717, 1.165) is 29.1 Å². The number of hydrogen-bond acceptors (Lipinski definition) is 2. The predicted octanol–water partition coefficient (Wildman–Crippen LogP) is 3.18. The van der Waals surface area contributed by atoms with Crippen LogP contribution in [-0.4, -0.2) is 16.3 Å². The molecule has 1 aromatic carbocycles. The molecular weight excluding hydrogens is 253 g/mol. The Hall–Kier alpha value is -1.68. The smallest absolute Gasteiger partial charge is 0.128 e. The van der Waals surface area contributed by atoms with E-state index in [4.69, 9.17) is 0 Å². The van der Waals surface area contributed by atoms with Gasteiger partial charge in [0.05, 0.1) is 17.4 Å². The van der Waals surface area contributed by atoms with Crippen LogP contribution >= 0.6 is 0 Å². The topological polar surface area (TPSA) is 29.9 Å². The molecule has 1 heterocycles. The first-order valence-corrected chi connectivity index (χ1v) is 6.94. The first kappa shape index (κ1) is 14.7. The van der Waals surface area contributed by atoms with Gasteiger partial charge in [0.1, 0.15) is 5.82 Å². The Balaban J connectivity index is 2.57. The van der Waals surface area contributed by atoms with Gasteiger partial charge in [0.15, 0.2) is 0 Å². The van der Waals surface area contributed by atoms with Crippen LogP contribution in [0.25, 0.3) is 0 Å². The molecule has 0 saturated heterocycles. The maximum Gasteiger partial charge on any atom is 0.128 e. The summed E-state index contributed by atoms with van der Waals surface area (Å²) in [6.07, 6.45) is 0. The minimum absolute atomic E-state index is 0.160. The Morgan fingerprint density at radius 3 is 2.45 bits per heavy atom. The van der Waals surface area contributed by atoms with E-state index in [1.165, 1.54) is 0 Å². The van der Waals surface area contributed by atoms with Crippen molar-refractivity contribution in [2.75, 3.05) is 6.54 Å². The Labute approximate surface area is 119 Å². The second-order valence-electron chi connectivity index (χ2n) is 5.30. The Morgan fingerprint density at radius 2 is 1.95 bits per heavy atom. The number of hydrogen-bond donors (Lipinski definition) is 1. The first-order chi connectivity index (χ1) is 9.43. The van der Waals surface area contributed by atoms with E-state index in [0.29, 0.717) is 5.56 Å². The van der Waals surface area contributed by atoms with Crippen LogP contribution in [0.2, 0.25) is 0 Å². The second kappa shape index (κ2) is 5.75. The van der Waals surface area contributed by atoms with Crippen molar-refractivity contribution in [2.45, 2.75) is 33.7 Å². The number of benzene rings is 1. The summed E-state index contributed by atoms with van der Waals surface area (Å²) in [6.45, 7) is 8.61. The van der Waals surface area contributed by atoms with E-state index in [1.54, 1.807) is 6.07 Å². The summed E-state index contributed by atoms with van der Waals surface area (Å²) in [4.78, 5) is 0. The van der Waals surface area contributed by atoms with Gasteiger partial charge < -0.3 is 5.32 Å². The van der Waals surface area contributed by atoms with Gasteiger partial charge in [-0.25, -0.2) is 4.39 Å². The van der Waals surface area contributed by atoms with Crippen molar-refractivity contribution in [3.05, 3.63) is 52.1 Å². The standard InChI is InChI=1S/C16H22FN3/c1-6-18-16(14-9-12(4)19-20(14)5)15-11(3)7-10(2)8-13(15)17/h7-9,16,18H,6H2,1-5H3. The summed E-state index contributed by atoms with van der Waals surface area (Å²) in [5, 5.41) is 7.74. The van der Waals surface area contributed by atoms with Crippen molar-refractivity contribution in [3.8, 4) is 0 Å². The lowest BCUT2D eigenvalue weighted by Gasteiger charge is -2.21. The number of rotatable bonds is 4. The van der Waals surface area contributed by atoms with Crippen LogP contribution in [0.15, 0.2) is 18.2 Å². The SMILES string of the molecule is CCNC(c1c(C)cc(C)cc1F)c1cc(C)nn1C. The molecule has 1 atom stereocenters. The molecule has 4 heteroatoms. The third-order valence-electron chi connectivity index (χ3n) is 3.51. The largest absolute Gasteiger partial charge is 0.305 e. The molecule has 3 nitrogen and oxygen atoms in total. The van der Waals surface area contributed by atoms with Gasteiger partial charge in [-0.1, -0.05) is 13.0 Å². The van der Waals surface area contributed by atoms with Gasteiger partial charge in [-0.15, -0.1) is 0 Å². The van der Waals surface area contributed by atoms with Crippen LogP contribution in [0.1, 0.15) is 41.0 Å². The number of halogens is 1. The van der Waals surface area contributed by atoms with Crippen LogP contribution in [-0.2, 0) is 7.05 Å². The minimum Gasteiger partial charge on any atom is -0.305 e. The van der Waals surface area contributed by atoms with Gasteiger partial charge in [-0.05, 0) is 50.6 Å². The highest BCUT2D eigenvalue weighted by molar-refractivity contribution is 5.38. The highest BCUT2D eigenvalue weighted by atomic mass is 19.1. The predicted molar refractivity (Wildman–Crippen MR) is 79.3 cm³/mol. The summed E-state index contributed by atoms with van der Waals surface area (Å²) in [5.74, 6) is -0.160. The fourth-order valence-electron chi connectivity index (χ4n) is 2.75. The fourth-order valence-corrected chi connectivity index (χ4v) is 2.75. The molecule has 0 aliphatic heterocycles. The summed E-state index contributed by atoms with van der Waals surface area (Å²) >= 11 is 0. The number of aryl methyl sites for hydroxylation is 4. The fraction of sp³-hybridized carbons (Fsp3) is 0.438. The summed E-state index contributed by atoms with van der Waals surface area (Å²) < 4.78 is 16.3. The third-order valence-corrected chi connectivity index (χ3v) is 3.51. The zero-order valence-corrected chi connectivity index (χ0v) is 12.8. The van der Waals surface area contributed by atoms with Gasteiger partial charge in [0, 0.05) is 12.6 Å². The monoisotopic (exact) mass is 275 g/mol. The molecule has 0 spiro atoms. The third kappa shape index (κ3) is 2.75. The Kier molecular flexibility index (Phi) is 4.23. The van der Waals surface area contributed by atoms with Crippen molar-refractivity contribution in [1.29, 1.82) is 0 Å². The van der Waals surface area contributed by atoms with Crippen molar-refractivity contribution in [2.24, 2.45) is 7.05 Å². The summed E-state index contributed by atoms with van der Waals surface area (Å²) in [7, 11) is 1.90. The van der Waals surface area contributed by atoms with E-state index in [9.17, 15) is 4.39 Å². The van der Waals surface area contributed by atoms with E-state index < -0.39 is 0 Å². The number of nitrogens with zero attached hydrogens (tertiary/aromatic N) is 2. The van der Waals surface area contributed by atoms with Crippen LogP contribution in [0.4, 0.5) is 4.39 Å². The van der Waals surface area contributed by atoms with Gasteiger partial charge in [-0.3, -0.25) is 4.68 Å². The number of aromatic nitrogens is 2. The van der Waals surface area contributed by atoms with E-state index in [-0.39, 0.29) is 11.9 Å². The molecule has 0 bridgehead atoms. The zero-order chi connectivity index (χ0) is 14.9. The first-order valence-electron chi connectivity index (χ1n) is 6.94. The average Bonchev–Trinajstić information content (AvgIpc) is 2.66. The number of nitrogens with one attached hydrogen (secondary N) is 1. The quantitative estimate of drug-likeness (QED) is 0.928. The normalized spacial score (nSPS) is 12.7. The molecule has 0 fully saturated rings. The van der Waals surface area contributed by atoms with Crippen LogP contribution in [0.5, 0.6) is 0 Å². The molecule has 1 aromatic heterocycles. The Morgan fingerprint density at radius 1 is 1.25 bits per heavy atom. The molecule has 20 heavy (non-hydrogen) atoms. The lowest BCUT2D eigenvalue weighted by Crippen LogP contribution is -2.26. The van der Waals surface area contributed by atoms with Crippen molar-refractivity contribution in [3.63, 3.8) is 0 Å². The molecule has 2 rings (SSSR count). The molecule has 1 N–H and O–H groups in total. The molecule has 2 aromatic rings. The van der Waals surface area contributed by atoms with Gasteiger partial charge >= 0.3 is 0 Å². The van der Waals surface area contributed by atoms with Crippen LogP contribution in [0.3, 0.4) is 0 Å². The van der Waals surface area contributed by atoms with Crippen molar-refractivity contribution >= 4 is 0 Å². The molecule has 108 valence electrons. The van der Waals surface area contributed by atoms with Gasteiger partial charge in [0.2, 0.25) is 0 Å². The highest BCUT2D eigenvalue weighted by Crippen LogP contribution is 2.28. The summed E-state index contributed by atoms with van der Waals surface area (Å²) in [6, 6.07) is 5.44. The van der Waals surface area contributed by atoms with E-state index in [1.807, 2.05) is 51.6 Å². The van der Waals surface area contributed by atoms with E-state index >= 15 is 0 Å². The molecule has 0 aliphatic carbocycles. The molecule has 0 aliphatic rings. The zero-order valence-electron chi connectivity index (χ0n) is 12.8. The molecule has 0 radical (unpaired) electrons. The molecule has 0 amide bonds. The lowest BCUT2D eigenvalue weighted by atomic mass is 9.96. The average molecular weight is 275 g/mol. The van der Waals surface area contributed by atoms with Gasteiger partial charge in [-0.2, -0.15) is 5.10 Å². The maximum absolute atomic E-state index is 14.4. The second-order valence-corrected chi connectivity index (χ2v) is 5.30. The van der Waals surface area contributed by atoms with Crippen LogP contribution < -0.4 is 5.32 Å².